The molecule has 0 bridgehead atoms. The normalized spacial score (nSPS) is 10.7. The molecule has 0 aliphatic rings. The highest BCUT2D eigenvalue weighted by Crippen LogP contribution is 2.26. The molecule has 100 valence electrons. The van der Waals surface area contributed by atoms with Gasteiger partial charge in [0.05, 0.1) is 5.69 Å². The van der Waals surface area contributed by atoms with E-state index in [9.17, 15) is 4.79 Å². The summed E-state index contributed by atoms with van der Waals surface area (Å²) in [5.41, 5.74) is 3.14. The van der Waals surface area contributed by atoms with Crippen LogP contribution in [0.2, 0.25) is 0 Å². The molecule has 1 aromatic heterocycles. The van der Waals surface area contributed by atoms with E-state index in [2.05, 4.69) is 15.2 Å². The number of nitriles is 1. The molecule has 1 aromatic carbocycles. The average molecular weight is 266 g/mol. The Bertz CT molecular complexity index is 781. The van der Waals surface area contributed by atoms with Crippen LogP contribution in [0.1, 0.15) is 22.4 Å². The van der Waals surface area contributed by atoms with Crippen LogP contribution in [-0.2, 0) is 0 Å². The summed E-state index contributed by atoms with van der Waals surface area (Å²) < 4.78 is 0. The van der Waals surface area contributed by atoms with Crippen molar-refractivity contribution in [1.82, 2.24) is 4.98 Å². The van der Waals surface area contributed by atoms with Crippen LogP contribution in [0, 0.1) is 32.1 Å². The number of aryl methyl sites for hydroxylation is 2. The van der Waals surface area contributed by atoms with Crippen molar-refractivity contribution in [2.75, 3.05) is 0 Å². The van der Waals surface area contributed by atoms with Gasteiger partial charge in [-0.3, -0.25) is 4.79 Å². The molecular weight excluding hydrogens is 252 g/mol. The maximum atomic E-state index is 11.6. The first kappa shape index (κ1) is 13.7. The molecule has 0 unspecified atom stereocenters. The second kappa shape index (κ2) is 5.49. The minimum Gasteiger partial charge on any atom is -0.323 e. The van der Waals surface area contributed by atoms with Gasteiger partial charge in [0.2, 0.25) is 0 Å². The first-order valence-electron chi connectivity index (χ1n) is 6.15. The molecule has 0 aliphatic carbocycles. The molecule has 0 fully saturated rings. The van der Waals surface area contributed by atoms with Crippen LogP contribution in [0.4, 0.5) is 11.4 Å². The molecule has 2 aromatic rings. The Morgan fingerprint density at radius 2 is 1.85 bits per heavy atom. The fourth-order valence-corrected chi connectivity index (χ4v) is 1.93. The van der Waals surface area contributed by atoms with Gasteiger partial charge in [-0.15, -0.1) is 5.11 Å². The van der Waals surface area contributed by atoms with Crippen molar-refractivity contribution in [2.45, 2.75) is 20.8 Å². The number of nitrogens with one attached hydrogen (secondary N) is 1. The number of aromatic amines is 1. The highest BCUT2D eigenvalue weighted by Gasteiger charge is 2.11. The number of nitrogens with zero attached hydrogens (tertiary/aromatic N) is 3. The molecule has 20 heavy (non-hydrogen) atoms. The van der Waals surface area contributed by atoms with E-state index in [1.807, 2.05) is 37.3 Å². The number of rotatable bonds is 2. The van der Waals surface area contributed by atoms with Crippen LogP contribution in [0.5, 0.6) is 0 Å². The van der Waals surface area contributed by atoms with E-state index in [0.29, 0.717) is 16.9 Å². The standard InChI is InChI=1S/C15H14N4O/c1-9-6-4-5-7-13(9)18-19-14-10(2)12(8-16)15(20)17-11(14)3/h4-7H,1-3H3,(H,17,20). The Morgan fingerprint density at radius 1 is 1.15 bits per heavy atom. The van der Waals surface area contributed by atoms with Gasteiger partial charge < -0.3 is 4.98 Å². The summed E-state index contributed by atoms with van der Waals surface area (Å²) in [6, 6.07) is 9.52. The Hall–Kier alpha value is -2.74. The van der Waals surface area contributed by atoms with E-state index >= 15 is 0 Å². The summed E-state index contributed by atoms with van der Waals surface area (Å²) in [7, 11) is 0. The van der Waals surface area contributed by atoms with Gasteiger partial charge in [-0.05, 0) is 32.4 Å². The predicted octanol–water partition coefficient (Wildman–Crippen LogP) is 3.59. The van der Waals surface area contributed by atoms with E-state index in [-0.39, 0.29) is 5.56 Å². The van der Waals surface area contributed by atoms with Gasteiger partial charge in [-0.1, -0.05) is 18.2 Å². The molecular formula is C15H14N4O. The Kier molecular flexibility index (Phi) is 3.76. The molecule has 2 rings (SSSR count). The van der Waals surface area contributed by atoms with Gasteiger partial charge in [-0.25, -0.2) is 0 Å². The van der Waals surface area contributed by atoms with Crippen molar-refractivity contribution in [2.24, 2.45) is 10.2 Å². The molecule has 1 heterocycles. The van der Waals surface area contributed by atoms with Crippen molar-refractivity contribution in [3.8, 4) is 6.07 Å². The fraction of sp³-hybridized carbons (Fsp3) is 0.200. The van der Waals surface area contributed by atoms with Gasteiger partial charge in [0.1, 0.15) is 17.3 Å². The quantitative estimate of drug-likeness (QED) is 0.843. The van der Waals surface area contributed by atoms with Gasteiger partial charge in [0.25, 0.3) is 5.56 Å². The third-order valence-electron chi connectivity index (χ3n) is 3.10. The molecule has 5 heteroatoms. The number of hydrogen-bond acceptors (Lipinski definition) is 4. The number of pyridine rings is 1. The second-order valence-electron chi connectivity index (χ2n) is 4.53. The van der Waals surface area contributed by atoms with Crippen molar-refractivity contribution in [1.29, 1.82) is 5.26 Å². The molecule has 0 saturated carbocycles. The molecule has 0 saturated heterocycles. The van der Waals surface area contributed by atoms with Gasteiger partial charge >= 0.3 is 0 Å². The molecule has 0 aliphatic heterocycles. The third-order valence-corrected chi connectivity index (χ3v) is 3.10. The van der Waals surface area contributed by atoms with Crippen LogP contribution >= 0.6 is 0 Å². The zero-order valence-corrected chi connectivity index (χ0v) is 11.6. The fourth-order valence-electron chi connectivity index (χ4n) is 1.93. The Balaban J connectivity index is 2.53. The molecule has 0 amide bonds. The van der Waals surface area contributed by atoms with Crippen LogP contribution < -0.4 is 5.56 Å². The zero-order chi connectivity index (χ0) is 14.7. The highest BCUT2D eigenvalue weighted by molar-refractivity contribution is 5.55. The van der Waals surface area contributed by atoms with Gasteiger partial charge in [0.15, 0.2) is 0 Å². The Morgan fingerprint density at radius 3 is 2.50 bits per heavy atom. The number of benzene rings is 1. The first-order chi connectivity index (χ1) is 9.54. The lowest BCUT2D eigenvalue weighted by Crippen LogP contribution is -2.13. The zero-order valence-electron chi connectivity index (χ0n) is 11.6. The summed E-state index contributed by atoms with van der Waals surface area (Å²) in [5.74, 6) is 0. The summed E-state index contributed by atoms with van der Waals surface area (Å²) in [5, 5.41) is 17.4. The van der Waals surface area contributed by atoms with Crippen LogP contribution in [0.15, 0.2) is 39.3 Å². The second-order valence-corrected chi connectivity index (χ2v) is 4.53. The van der Waals surface area contributed by atoms with E-state index < -0.39 is 5.56 Å². The largest absolute Gasteiger partial charge is 0.323 e. The van der Waals surface area contributed by atoms with E-state index in [1.54, 1.807) is 13.8 Å². The van der Waals surface area contributed by atoms with E-state index in [0.717, 1.165) is 11.3 Å². The maximum absolute atomic E-state index is 11.6. The van der Waals surface area contributed by atoms with Crippen LogP contribution in [0.3, 0.4) is 0 Å². The minimum atomic E-state index is -0.391. The lowest BCUT2D eigenvalue weighted by atomic mass is 10.1. The van der Waals surface area contributed by atoms with Crippen molar-refractivity contribution >= 4 is 11.4 Å². The van der Waals surface area contributed by atoms with E-state index in [1.165, 1.54) is 0 Å². The van der Waals surface area contributed by atoms with Crippen molar-refractivity contribution in [3.63, 3.8) is 0 Å². The minimum absolute atomic E-state index is 0.0781. The number of aromatic nitrogens is 1. The highest BCUT2D eigenvalue weighted by atomic mass is 16.1. The molecule has 1 N–H and O–H groups in total. The van der Waals surface area contributed by atoms with Crippen LogP contribution in [-0.4, -0.2) is 4.98 Å². The van der Waals surface area contributed by atoms with Gasteiger partial charge in [-0.2, -0.15) is 10.4 Å². The molecule has 0 atom stereocenters. The Labute approximate surface area is 116 Å². The predicted molar refractivity (Wildman–Crippen MR) is 76.6 cm³/mol. The van der Waals surface area contributed by atoms with Crippen molar-refractivity contribution < 1.29 is 0 Å². The molecule has 0 radical (unpaired) electrons. The smallest absolute Gasteiger partial charge is 0.266 e. The lowest BCUT2D eigenvalue weighted by molar-refractivity contribution is 1.07. The van der Waals surface area contributed by atoms with Crippen LogP contribution in [0.25, 0.3) is 0 Å². The summed E-state index contributed by atoms with van der Waals surface area (Å²) in [4.78, 5) is 14.2. The SMILES string of the molecule is Cc1ccccc1N=Nc1c(C)[nH]c(=O)c(C#N)c1C. The third kappa shape index (κ3) is 2.50. The van der Waals surface area contributed by atoms with E-state index in [4.69, 9.17) is 5.26 Å². The lowest BCUT2D eigenvalue weighted by Gasteiger charge is -2.05. The molecule has 0 spiro atoms. The first-order valence-corrected chi connectivity index (χ1v) is 6.15. The molecule has 5 nitrogen and oxygen atoms in total. The number of azo groups is 1. The topological polar surface area (TPSA) is 81.4 Å². The van der Waals surface area contributed by atoms with Crippen molar-refractivity contribution in [3.05, 3.63) is 57.0 Å². The number of hydrogen-bond donors (Lipinski definition) is 1. The maximum Gasteiger partial charge on any atom is 0.266 e. The van der Waals surface area contributed by atoms with Gasteiger partial charge in [0, 0.05) is 11.3 Å². The summed E-state index contributed by atoms with van der Waals surface area (Å²) >= 11 is 0. The average Bonchev–Trinajstić information content (AvgIpc) is 2.40. The monoisotopic (exact) mass is 266 g/mol. The summed E-state index contributed by atoms with van der Waals surface area (Å²) in [6.07, 6.45) is 0. The summed E-state index contributed by atoms with van der Waals surface area (Å²) in [6.45, 7) is 5.39. The number of H-pyrrole nitrogens is 1.